The van der Waals surface area contributed by atoms with E-state index in [9.17, 15) is 4.79 Å². The van der Waals surface area contributed by atoms with Crippen molar-refractivity contribution in [3.63, 3.8) is 0 Å². The second-order valence-corrected chi connectivity index (χ2v) is 6.13. The molecule has 1 atom stereocenters. The van der Waals surface area contributed by atoms with Gasteiger partial charge in [-0.3, -0.25) is 4.79 Å². The SMILES string of the molecule is CCOc1ccc(NC(=O)CC(c2cccc(OC)c2)n2cccc2)cc1. The summed E-state index contributed by atoms with van der Waals surface area (Å²) in [7, 11) is 1.64. The molecule has 0 saturated carbocycles. The van der Waals surface area contributed by atoms with Crippen molar-refractivity contribution in [1.29, 1.82) is 0 Å². The number of nitrogens with zero attached hydrogens (tertiary/aromatic N) is 1. The third kappa shape index (κ3) is 4.91. The van der Waals surface area contributed by atoms with Gasteiger partial charge >= 0.3 is 0 Å². The lowest BCUT2D eigenvalue weighted by molar-refractivity contribution is -0.116. The minimum atomic E-state index is -0.113. The molecule has 0 saturated heterocycles. The Labute approximate surface area is 159 Å². The molecular weight excluding hydrogens is 340 g/mol. The van der Waals surface area contributed by atoms with Gasteiger partial charge in [-0.2, -0.15) is 0 Å². The van der Waals surface area contributed by atoms with Crippen LogP contribution in [0, 0.1) is 0 Å². The number of hydrogen-bond acceptors (Lipinski definition) is 3. The predicted molar refractivity (Wildman–Crippen MR) is 106 cm³/mol. The monoisotopic (exact) mass is 364 g/mol. The standard InChI is InChI=1S/C22H24N2O3/c1-3-27-19-11-9-18(10-12-19)23-22(25)16-21(24-13-4-5-14-24)17-7-6-8-20(15-17)26-2/h4-15,21H,3,16H2,1-2H3,(H,23,25). The minimum Gasteiger partial charge on any atom is -0.497 e. The molecule has 27 heavy (non-hydrogen) atoms. The summed E-state index contributed by atoms with van der Waals surface area (Å²) >= 11 is 0. The summed E-state index contributed by atoms with van der Waals surface area (Å²) in [6, 6.07) is 19.0. The fraction of sp³-hybridized carbons (Fsp3) is 0.227. The predicted octanol–water partition coefficient (Wildman–Crippen LogP) is 4.51. The van der Waals surface area contributed by atoms with Crippen LogP contribution >= 0.6 is 0 Å². The lowest BCUT2D eigenvalue weighted by Gasteiger charge is -2.20. The van der Waals surface area contributed by atoms with Crippen molar-refractivity contribution in [2.24, 2.45) is 0 Å². The highest BCUT2D eigenvalue weighted by molar-refractivity contribution is 5.91. The maximum absolute atomic E-state index is 12.7. The van der Waals surface area contributed by atoms with Crippen LogP contribution in [-0.2, 0) is 4.79 Å². The number of carbonyl (C=O) groups excluding carboxylic acids is 1. The van der Waals surface area contributed by atoms with E-state index >= 15 is 0 Å². The average molecular weight is 364 g/mol. The number of hydrogen-bond donors (Lipinski definition) is 1. The second kappa shape index (κ2) is 8.94. The second-order valence-electron chi connectivity index (χ2n) is 6.13. The zero-order valence-electron chi connectivity index (χ0n) is 15.6. The van der Waals surface area contributed by atoms with Crippen LogP contribution in [0.15, 0.2) is 73.1 Å². The van der Waals surface area contributed by atoms with Crippen molar-refractivity contribution < 1.29 is 14.3 Å². The van der Waals surface area contributed by atoms with E-state index in [1.807, 2.05) is 84.5 Å². The lowest BCUT2D eigenvalue weighted by atomic mass is 10.0. The molecule has 0 aliphatic heterocycles. The van der Waals surface area contributed by atoms with Crippen LogP contribution < -0.4 is 14.8 Å². The molecule has 0 aliphatic carbocycles. The quantitative estimate of drug-likeness (QED) is 0.640. The van der Waals surface area contributed by atoms with E-state index in [1.165, 1.54) is 0 Å². The number of ether oxygens (including phenoxy) is 2. The van der Waals surface area contributed by atoms with E-state index in [-0.39, 0.29) is 11.9 Å². The van der Waals surface area contributed by atoms with E-state index < -0.39 is 0 Å². The van der Waals surface area contributed by atoms with Crippen molar-refractivity contribution in [1.82, 2.24) is 4.57 Å². The Kier molecular flexibility index (Phi) is 6.15. The summed E-state index contributed by atoms with van der Waals surface area (Å²) in [6.45, 7) is 2.56. The van der Waals surface area contributed by atoms with Gasteiger partial charge in [-0.15, -0.1) is 0 Å². The number of nitrogens with one attached hydrogen (secondary N) is 1. The van der Waals surface area contributed by atoms with Crippen molar-refractivity contribution >= 4 is 11.6 Å². The van der Waals surface area contributed by atoms with Gasteiger partial charge in [0, 0.05) is 18.1 Å². The van der Waals surface area contributed by atoms with Crippen molar-refractivity contribution in [2.75, 3.05) is 19.0 Å². The summed E-state index contributed by atoms with van der Waals surface area (Å²) in [5.41, 5.74) is 1.77. The number of aromatic nitrogens is 1. The maximum Gasteiger partial charge on any atom is 0.226 e. The van der Waals surface area contributed by atoms with Gasteiger partial charge in [0.25, 0.3) is 0 Å². The molecule has 5 heteroatoms. The third-order valence-corrected chi connectivity index (χ3v) is 4.29. The first-order chi connectivity index (χ1) is 13.2. The molecule has 0 bridgehead atoms. The lowest BCUT2D eigenvalue weighted by Crippen LogP contribution is -2.19. The van der Waals surface area contributed by atoms with Crippen molar-refractivity contribution in [3.05, 3.63) is 78.6 Å². The van der Waals surface area contributed by atoms with Gasteiger partial charge in [0.2, 0.25) is 5.91 Å². The molecule has 1 aromatic heterocycles. The first-order valence-corrected chi connectivity index (χ1v) is 8.98. The molecule has 3 aromatic rings. The number of anilines is 1. The molecule has 1 amide bonds. The highest BCUT2D eigenvalue weighted by Crippen LogP contribution is 2.26. The molecule has 1 unspecified atom stereocenters. The Hall–Kier alpha value is -3.21. The highest BCUT2D eigenvalue weighted by atomic mass is 16.5. The van der Waals surface area contributed by atoms with Crippen LogP contribution in [-0.4, -0.2) is 24.2 Å². The summed E-state index contributed by atoms with van der Waals surface area (Å²) in [5, 5.41) is 2.96. The van der Waals surface area contributed by atoms with Gasteiger partial charge in [-0.05, 0) is 61.0 Å². The maximum atomic E-state index is 12.7. The highest BCUT2D eigenvalue weighted by Gasteiger charge is 2.18. The molecule has 0 aliphatic rings. The molecule has 3 rings (SSSR count). The Bertz CT molecular complexity index is 858. The zero-order chi connectivity index (χ0) is 19.1. The van der Waals surface area contributed by atoms with E-state index in [0.717, 1.165) is 22.7 Å². The normalized spacial score (nSPS) is 11.6. The number of methoxy groups -OCH3 is 1. The van der Waals surface area contributed by atoms with E-state index in [0.29, 0.717) is 13.0 Å². The Morgan fingerprint density at radius 2 is 1.78 bits per heavy atom. The van der Waals surface area contributed by atoms with Crippen LogP contribution in [0.3, 0.4) is 0 Å². The van der Waals surface area contributed by atoms with E-state index in [1.54, 1.807) is 7.11 Å². The fourth-order valence-corrected chi connectivity index (χ4v) is 2.99. The Morgan fingerprint density at radius 3 is 2.44 bits per heavy atom. The zero-order valence-corrected chi connectivity index (χ0v) is 15.6. The first kappa shape index (κ1) is 18.6. The molecule has 1 heterocycles. The van der Waals surface area contributed by atoms with Gasteiger partial charge in [0.05, 0.1) is 26.2 Å². The molecule has 2 aromatic carbocycles. The number of amides is 1. The molecule has 0 spiro atoms. The first-order valence-electron chi connectivity index (χ1n) is 8.98. The van der Waals surface area contributed by atoms with Gasteiger partial charge in [-0.25, -0.2) is 0 Å². The molecule has 0 radical (unpaired) electrons. The molecule has 140 valence electrons. The van der Waals surface area contributed by atoms with E-state index in [2.05, 4.69) is 5.32 Å². The Balaban J connectivity index is 1.74. The van der Waals surface area contributed by atoms with Gasteiger partial charge in [0.15, 0.2) is 0 Å². The summed E-state index contributed by atoms with van der Waals surface area (Å²) in [5.74, 6) is 1.51. The minimum absolute atomic E-state index is 0.0549. The summed E-state index contributed by atoms with van der Waals surface area (Å²) < 4.78 is 12.8. The summed E-state index contributed by atoms with van der Waals surface area (Å²) in [6.07, 6.45) is 4.25. The topological polar surface area (TPSA) is 52.5 Å². The van der Waals surface area contributed by atoms with Gasteiger partial charge < -0.3 is 19.4 Å². The third-order valence-electron chi connectivity index (χ3n) is 4.29. The fourth-order valence-electron chi connectivity index (χ4n) is 2.99. The number of carbonyl (C=O) groups is 1. The molecule has 5 nitrogen and oxygen atoms in total. The average Bonchev–Trinajstić information content (AvgIpc) is 3.22. The molecule has 0 fully saturated rings. The van der Waals surface area contributed by atoms with Gasteiger partial charge in [-0.1, -0.05) is 12.1 Å². The summed E-state index contributed by atoms with van der Waals surface area (Å²) in [4.78, 5) is 12.7. The van der Waals surface area contributed by atoms with Crippen LogP contribution in [0.1, 0.15) is 24.9 Å². The van der Waals surface area contributed by atoms with Crippen LogP contribution in [0.5, 0.6) is 11.5 Å². The molecular formula is C22H24N2O3. The Morgan fingerprint density at radius 1 is 1.04 bits per heavy atom. The molecule has 1 N–H and O–H groups in total. The van der Waals surface area contributed by atoms with Gasteiger partial charge in [0.1, 0.15) is 11.5 Å². The largest absolute Gasteiger partial charge is 0.497 e. The van der Waals surface area contributed by atoms with Crippen LogP contribution in [0.25, 0.3) is 0 Å². The van der Waals surface area contributed by atoms with E-state index in [4.69, 9.17) is 9.47 Å². The van der Waals surface area contributed by atoms with Crippen LogP contribution in [0.2, 0.25) is 0 Å². The van der Waals surface area contributed by atoms with Crippen molar-refractivity contribution in [3.8, 4) is 11.5 Å². The number of rotatable bonds is 8. The number of benzene rings is 2. The van der Waals surface area contributed by atoms with Crippen LogP contribution in [0.4, 0.5) is 5.69 Å². The van der Waals surface area contributed by atoms with Crippen molar-refractivity contribution in [2.45, 2.75) is 19.4 Å². The smallest absolute Gasteiger partial charge is 0.226 e.